The van der Waals surface area contributed by atoms with Crippen LogP contribution in [-0.4, -0.2) is 24.0 Å². The van der Waals surface area contributed by atoms with Crippen LogP contribution in [0.5, 0.6) is 0 Å². The Hall–Kier alpha value is -0.760. The molecule has 0 aromatic rings. The van der Waals surface area contributed by atoms with Crippen molar-refractivity contribution in [2.24, 2.45) is 0 Å². The summed E-state index contributed by atoms with van der Waals surface area (Å²) in [6.45, 7) is 9.21. The zero-order chi connectivity index (χ0) is 8.48. The Balaban J connectivity index is 2.82. The van der Waals surface area contributed by atoms with Gasteiger partial charge >= 0.3 is 0 Å². The molecule has 2 nitrogen and oxygen atoms in total. The Morgan fingerprint density at radius 3 is 2.91 bits per heavy atom. The minimum Gasteiger partial charge on any atom is -0.354 e. The Labute approximate surface area is 68.6 Å². The third-order valence-electron chi connectivity index (χ3n) is 2.14. The molecule has 0 aromatic carbocycles. The molecule has 0 fully saturated rings. The highest BCUT2D eigenvalue weighted by molar-refractivity contribution is 5.16. The number of nitrogens with one attached hydrogen (secondary N) is 1. The first-order chi connectivity index (χ1) is 5.04. The third kappa shape index (κ3) is 1.63. The number of hydrogen-bond donors (Lipinski definition) is 1. The van der Waals surface area contributed by atoms with E-state index in [0.717, 1.165) is 12.2 Å². The molecule has 1 aliphatic rings. The van der Waals surface area contributed by atoms with Crippen molar-refractivity contribution in [1.29, 1.82) is 0 Å². The Bertz CT molecular complexity index is 192. The first kappa shape index (κ1) is 8.34. The lowest BCUT2D eigenvalue weighted by Crippen LogP contribution is -2.42. The minimum absolute atomic E-state index is 0.0122. The lowest BCUT2D eigenvalue weighted by atomic mass is 10.0. The topological polar surface area (TPSA) is 15.3 Å². The summed E-state index contributed by atoms with van der Waals surface area (Å²) in [5.74, 6) is 0. The summed E-state index contributed by atoms with van der Waals surface area (Å²) in [6.07, 6.45) is 4.14. The molecule has 0 saturated heterocycles. The maximum atomic E-state index is 4.02. The average molecular weight is 152 g/mol. The molecule has 0 unspecified atom stereocenters. The molecule has 0 radical (unpaired) electrons. The van der Waals surface area contributed by atoms with E-state index in [-0.39, 0.29) is 5.54 Å². The normalized spacial score (nSPS) is 23.5. The molecule has 11 heavy (non-hydrogen) atoms. The van der Waals surface area contributed by atoms with Crippen molar-refractivity contribution in [2.75, 3.05) is 13.6 Å². The highest BCUT2D eigenvalue weighted by Crippen LogP contribution is 2.18. The van der Waals surface area contributed by atoms with E-state index in [4.69, 9.17) is 0 Å². The van der Waals surface area contributed by atoms with Crippen molar-refractivity contribution < 1.29 is 0 Å². The molecular formula is C9H16N2. The van der Waals surface area contributed by atoms with Crippen LogP contribution in [0.3, 0.4) is 0 Å². The molecule has 0 bridgehead atoms. The van der Waals surface area contributed by atoms with E-state index in [1.807, 2.05) is 13.2 Å². The first-order valence-electron chi connectivity index (χ1n) is 3.88. The van der Waals surface area contributed by atoms with Gasteiger partial charge in [0.15, 0.2) is 0 Å². The van der Waals surface area contributed by atoms with E-state index in [2.05, 4.69) is 36.7 Å². The summed E-state index contributed by atoms with van der Waals surface area (Å²) >= 11 is 0. The molecule has 0 aromatic heterocycles. The van der Waals surface area contributed by atoms with E-state index in [0.29, 0.717) is 0 Å². The van der Waals surface area contributed by atoms with E-state index < -0.39 is 0 Å². The van der Waals surface area contributed by atoms with Crippen LogP contribution in [0.25, 0.3) is 0 Å². The van der Waals surface area contributed by atoms with Crippen molar-refractivity contribution in [3.05, 3.63) is 24.6 Å². The van der Waals surface area contributed by atoms with Crippen molar-refractivity contribution in [3.63, 3.8) is 0 Å². The average Bonchev–Trinajstić information content (AvgIpc) is 2.03. The third-order valence-corrected chi connectivity index (χ3v) is 2.14. The van der Waals surface area contributed by atoms with Gasteiger partial charge in [-0.15, -0.1) is 0 Å². The van der Waals surface area contributed by atoms with Crippen molar-refractivity contribution >= 4 is 0 Å². The first-order valence-corrected chi connectivity index (χ1v) is 3.88. The molecule has 0 atom stereocenters. The fourth-order valence-electron chi connectivity index (χ4n) is 1.16. The second-order valence-electron chi connectivity index (χ2n) is 3.45. The number of nitrogens with zero attached hydrogens (tertiary/aromatic N) is 1. The maximum Gasteiger partial charge on any atom is 0.0527 e. The molecule has 62 valence electrons. The van der Waals surface area contributed by atoms with Gasteiger partial charge in [0.25, 0.3) is 0 Å². The molecule has 0 spiro atoms. The van der Waals surface area contributed by atoms with Crippen LogP contribution in [-0.2, 0) is 0 Å². The van der Waals surface area contributed by atoms with Gasteiger partial charge < -0.3 is 10.2 Å². The number of hydrogen-bond acceptors (Lipinski definition) is 2. The van der Waals surface area contributed by atoms with Crippen LogP contribution in [0.1, 0.15) is 13.8 Å². The zero-order valence-corrected chi connectivity index (χ0v) is 7.52. The second kappa shape index (κ2) is 2.70. The lowest BCUT2D eigenvalue weighted by molar-refractivity contribution is 0.393. The molecule has 1 heterocycles. The van der Waals surface area contributed by atoms with Crippen LogP contribution >= 0.6 is 0 Å². The standard InChI is InChI=1S/C9H16N2/c1-8-9(2,3)10-6-5-7-11(8)4/h5,7,10H,1,6H2,2-4H3. The van der Waals surface area contributed by atoms with E-state index in [1.54, 1.807) is 0 Å². The van der Waals surface area contributed by atoms with Gasteiger partial charge in [0.1, 0.15) is 0 Å². The van der Waals surface area contributed by atoms with Gasteiger partial charge in [-0.05, 0) is 13.8 Å². The van der Waals surface area contributed by atoms with Crippen molar-refractivity contribution in [2.45, 2.75) is 19.4 Å². The Morgan fingerprint density at radius 2 is 2.27 bits per heavy atom. The van der Waals surface area contributed by atoms with E-state index >= 15 is 0 Å². The van der Waals surface area contributed by atoms with Crippen LogP contribution in [0.4, 0.5) is 0 Å². The molecule has 2 heteroatoms. The van der Waals surface area contributed by atoms with E-state index in [1.165, 1.54) is 0 Å². The van der Waals surface area contributed by atoms with Crippen LogP contribution in [0.15, 0.2) is 24.6 Å². The quantitative estimate of drug-likeness (QED) is 0.563. The van der Waals surface area contributed by atoms with Crippen LogP contribution in [0, 0.1) is 0 Å². The van der Waals surface area contributed by atoms with Gasteiger partial charge in [-0.3, -0.25) is 0 Å². The lowest BCUT2D eigenvalue weighted by Gasteiger charge is -2.30. The monoisotopic (exact) mass is 152 g/mol. The summed E-state index contributed by atoms with van der Waals surface area (Å²) in [6, 6.07) is 0. The van der Waals surface area contributed by atoms with Gasteiger partial charge in [0, 0.05) is 25.5 Å². The molecule has 0 aliphatic carbocycles. The molecule has 1 rings (SSSR count). The van der Waals surface area contributed by atoms with Gasteiger partial charge in [-0.1, -0.05) is 12.7 Å². The summed E-state index contributed by atoms with van der Waals surface area (Å²) in [4.78, 5) is 2.06. The highest BCUT2D eigenvalue weighted by Gasteiger charge is 2.23. The molecule has 0 amide bonds. The Kier molecular flexibility index (Phi) is 2.05. The molecular weight excluding hydrogens is 136 g/mol. The van der Waals surface area contributed by atoms with Crippen molar-refractivity contribution in [1.82, 2.24) is 10.2 Å². The van der Waals surface area contributed by atoms with Gasteiger partial charge in [-0.2, -0.15) is 0 Å². The second-order valence-corrected chi connectivity index (χ2v) is 3.45. The summed E-state index contributed by atoms with van der Waals surface area (Å²) in [5.41, 5.74) is 1.12. The maximum absolute atomic E-state index is 4.02. The summed E-state index contributed by atoms with van der Waals surface area (Å²) in [7, 11) is 2.02. The van der Waals surface area contributed by atoms with Crippen molar-refractivity contribution in [3.8, 4) is 0 Å². The predicted octanol–water partition coefficient (Wildman–Crippen LogP) is 1.33. The largest absolute Gasteiger partial charge is 0.354 e. The number of rotatable bonds is 0. The fourth-order valence-corrected chi connectivity index (χ4v) is 1.16. The van der Waals surface area contributed by atoms with Crippen LogP contribution in [0.2, 0.25) is 0 Å². The predicted molar refractivity (Wildman–Crippen MR) is 48.1 cm³/mol. The minimum atomic E-state index is 0.0122. The SMILES string of the molecule is C=C1N(C)C=CCNC1(C)C. The fraction of sp³-hybridized carbons (Fsp3) is 0.556. The van der Waals surface area contributed by atoms with Gasteiger partial charge in [0.05, 0.1) is 5.54 Å². The molecule has 1 aliphatic heterocycles. The van der Waals surface area contributed by atoms with Gasteiger partial charge in [-0.25, -0.2) is 0 Å². The summed E-state index contributed by atoms with van der Waals surface area (Å²) in [5, 5.41) is 3.37. The number of likely N-dealkylation sites (N-methyl/N-ethyl adjacent to an activating group) is 1. The van der Waals surface area contributed by atoms with E-state index in [9.17, 15) is 0 Å². The smallest absolute Gasteiger partial charge is 0.0527 e. The molecule has 0 saturated carbocycles. The Morgan fingerprint density at radius 1 is 1.64 bits per heavy atom. The zero-order valence-electron chi connectivity index (χ0n) is 7.52. The van der Waals surface area contributed by atoms with Gasteiger partial charge in [0.2, 0.25) is 0 Å². The summed E-state index contributed by atoms with van der Waals surface area (Å²) < 4.78 is 0. The molecule has 1 N–H and O–H groups in total. The highest BCUT2D eigenvalue weighted by atomic mass is 15.2. The van der Waals surface area contributed by atoms with Crippen LogP contribution < -0.4 is 5.32 Å².